The van der Waals surface area contributed by atoms with Crippen molar-refractivity contribution in [1.82, 2.24) is 0 Å². The second-order valence-electron chi connectivity index (χ2n) is 3.93. The molecule has 0 radical (unpaired) electrons. The molecule has 1 aliphatic rings. The standard InChI is InChI=1S/C13H15NO2/c15-13-9-5-4-8-12(13)14-16-10-11-6-2-1-3-7-11/h1-3,6-7H,4-5,8-10H2. The van der Waals surface area contributed by atoms with Crippen molar-refractivity contribution >= 4 is 11.5 Å². The van der Waals surface area contributed by atoms with Crippen molar-refractivity contribution in [3.05, 3.63) is 35.9 Å². The van der Waals surface area contributed by atoms with Gasteiger partial charge in [0.25, 0.3) is 0 Å². The molecule has 0 amide bonds. The molecule has 0 atom stereocenters. The molecule has 84 valence electrons. The topological polar surface area (TPSA) is 38.7 Å². The van der Waals surface area contributed by atoms with Gasteiger partial charge in [-0.1, -0.05) is 35.5 Å². The normalized spacial score (nSPS) is 18.8. The molecule has 1 fully saturated rings. The van der Waals surface area contributed by atoms with Gasteiger partial charge >= 0.3 is 0 Å². The van der Waals surface area contributed by atoms with E-state index in [2.05, 4.69) is 5.16 Å². The SMILES string of the molecule is O=C1CCCCC1=NOCc1ccccc1. The zero-order chi connectivity index (χ0) is 11.2. The molecular formula is C13H15NO2. The van der Waals surface area contributed by atoms with Crippen LogP contribution >= 0.6 is 0 Å². The van der Waals surface area contributed by atoms with Crippen molar-refractivity contribution in [2.24, 2.45) is 5.16 Å². The van der Waals surface area contributed by atoms with Crippen molar-refractivity contribution in [2.75, 3.05) is 0 Å². The Hall–Kier alpha value is -1.64. The van der Waals surface area contributed by atoms with Gasteiger partial charge in [0.1, 0.15) is 12.3 Å². The summed E-state index contributed by atoms with van der Waals surface area (Å²) in [5.41, 5.74) is 1.66. The molecule has 0 unspecified atom stereocenters. The number of Topliss-reactive ketones (excluding diaryl/α,β-unsaturated/α-hetero) is 1. The van der Waals surface area contributed by atoms with Gasteiger partial charge in [0.05, 0.1) is 0 Å². The van der Waals surface area contributed by atoms with Crippen molar-refractivity contribution < 1.29 is 9.63 Å². The van der Waals surface area contributed by atoms with Crippen LogP contribution in [0.5, 0.6) is 0 Å². The predicted octanol–water partition coefficient (Wildman–Crippen LogP) is 2.70. The van der Waals surface area contributed by atoms with E-state index in [0.29, 0.717) is 18.7 Å². The van der Waals surface area contributed by atoms with Gasteiger partial charge in [0.15, 0.2) is 5.78 Å². The Morgan fingerprint density at radius 2 is 1.88 bits per heavy atom. The van der Waals surface area contributed by atoms with E-state index in [0.717, 1.165) is 24.8 Å². The maximum atomic E-state index is 11.4. The Bertz CT molecular complexity index is 384. The lowest BCUT2D eigenvalue weighted by molar-refractivity contribution is -0.113. The van der Waals surface area contributed by atoms with Crippen molar-refractivity contribution in [3.63, 3.8) is 0 Å². The largest absolute Gasteiger partial charge is 0.391 e. The Morgan fingerprint density at radius 1 is 1.12 bits per heavy atom. The fourth-order valence-electron chi connectivity index (χ4n) is 1.72. The molecule has 1 aromatic rings. The summed E-state index contributed by atoms with van der Waals surface area (Å²) in [5.74, 6) is 0.138. The number of hydrogen-bond acceptors (Lipinski definition) is 3. The summed E-state index contributed by atoms with van der Waals surface area (Å²) >= 11 is 0. The highest BCUT2D eigenvalue weighted by atomic mass is 16.6. The third-order valence-corrected chi connectivity index (χ3v) is 2.64. The van der Waals surface area contributed by atoms with Gasteiger partial charge in [-0.15, -0.1) is 0 Å². The minimum atomic E-state index is 0.138. The predicted molar refractivity (Wildman–Crippen MR) is 62.1 cm³/mol. The fourth-order valence-corrected chi connectivity index (χ4v) is 1.72. The third-order valence-electron chi connectivity index (χ3n) is 2.64. The van der Waals surface area contributed by atoms with E-state index in [4.69, 9.17) is 4.84 Å². The number of oxime groups is 1. The highest BCUT2D eigenvalue weighted by molar-refractivity contribution is 6.40. The minimum Gasteiger partial charge on any atom is -0.391 e. The number of carbonyl (C=O) groups excluding carboxylic acids is 1. The van der Waals surface area contributed by atoms with Crippen LogP contribution in [0.1, 0.15) is 31.2 Å². The summed E-state index contributed by atoms with van der Waals surface area (Å²) in [5, 5.41) is 3.93. The number of ketones is 1. The first-order valence-electron chi connectivity index (χ1n) is 5.62. The molecule has 0 spiro atoms. The van der Waals surface area contributed by atoms with Crippen molar-refractivity contribution in [3.8, 4) is 0 Å². The lowest BCUT2D eigenvalue weighted by Gasteiger charge is -2.10. The summed E-state index contributed by atoms with van der Waals surface area (Å²) in [7, 11) is 0. The maximum Gasteiger partial charge on any atom is 0.180 e. The molecular weight excluding hydrogens is 202 g/mol. The van der Waals surface area contributed by atoms with E-state index < -0.39 is 0 Å². The first-order chi connectivity index (χ1) is 7.86. The smallest absolute Gasteiger partial charge is 0.180 e. The molecule has 2 rings (SSSR count). The van der Waals surface area contributed by atoms with Gasteiger partial charge < -0.3 is 4.84 Å². The van der Waals surface area contributed by atoms with Crippen LogP contribution in [0.4, 0.5) is 0 Å². The summed E-state index contributed by atoms with van der Waals surface area (Å²) in [6.07, 6.45) is 3.40. The third kappa shape index (κ3) is 2.92. The zero-order valence-corrected chi connectivity index (χ0v) is 9.19. The molecule has 1 aromatic carbocycles. The molecule has 0 aliphatic heterocycles. The zero-order valence-electron chi connectivity index (χ0n) is 9.19. The van der Waals surface area contributed by atoms with E-state index in [9.17, 15) is 4.79 Å². The maximum absolute atomic E-state index is 11.4. The monoisotopic (exact) mass is 217 g/mol. The lowest BCUT2D eigenvalue weighted by atomic mass is 9.97. The van der Waals surface area contributed by atoms with Gasteiger partial charge in [-0.3, -0.25) is 4.79 Å². The molecule has 1 saturated carbocycles. The van der Waals surface area contributed by atoms with Gasteiger partial charge in [-0.25, -0.2) is 0 Å². The van der Waals surface area contributed by atoms with Crippen LogP contribution in [-0.4, -0.2) is 11.5 Å². The number of rotatable bonds is 3. The first-order valence-corrected chi connectivity index (χ1v) is 5.62. The number of nitrogens with zero attached hydrogens (tertiary/aromatic N) is 1. The van der Waals surface area contributed by atoms with E-state index >= 15 is 0 Å². The van der Waals surface area contributed by atoms with Crippen LogP contribution in [0.15, 0.2) is 35.5 Å². The Labute approximate surface area is 95.1 Å². The molecule has 0 saturated heterocycles. The molecule has 16 heavy (non-hydrogen) atoms. The van der Waals surface area contributed by atoms with Gasteiger partial charge in [0.2, 0.25) is 0 Å². The summed E-state index contributed by atoms with van der Waals surface area (Å²) in [6, 6.07) is 9.82. The Balaban J connectivity index is 1.87. The van der Waals surface area contributed by atoms with Gasteiger partial charge in [-0.05, 0) is 24.8 Å². The molecule has 0 aromatic heterocycles. The minimum absolute atomic E-state index is 0.138. The molecule has 3 heteroatoms. The van der Waals surface area contributed by atoms with Gasteiger partial charge in [-0.2, -0.15) is 0 Å². The fraction of sp³-hybridized carbons (Fsp3) is 0.385. The Morgan fingerprint density at radius 3 is 2.62 bits per heavy atom. The average Bonchev–Trinajstić information content (AvgIpc) is 2.33. The first kappa shape index (κ1) is 10.9. The van der Waals surface area contributed by atoms with Crippen LogP contribution in [0.25, 0.3) is 0 Å². The molecule has 1 aliphatic carbocycles. The Kier molecular flexibility index (Phi) is 3.70. The average molecular weight is 217 g/mol. The van der Waals surface area contributed by atoms with Crippen LogP contribution in [0.2, 0.25) is 0 Å². The van der Waals surface area contributed by atoms with E-state index in [1.807, 2.05) is 30.3 Å². The highest BCUT2D eigenvalue weighted by Crippen LogP contribution is 2.12. The van der Waals surface area contributed by atoms with Crippen LogP contribution < -0.4 is 0 Å². The van der Waals surface area contributed by atoms with Crippen molar-refractivity contribution in [1.29, 1.82) is 0 Å². The van der Waals surface area contributed by atoms with Crippen LogP contribution in [0, 0.1) is 0 Å². The number of carbonyl (C=O) groups is 1. The molecule has 0 heterocycles. The number of benzene rings is 1. The van der Waals surface area contributed by atoms with Crippen molar-refractivity contribution in [2.45, 2.75) is 32.3 Å². The lowest BCUT2D eigenvalue weighted by Crippen LogP contribution is -2.18. The number of hydrogen-bond donors (Lipinski definition) is 0. The van der Waals surface area contributed by atoms with E-state index in [1.165, 1.54) is 0 Å². The summed E-state index contributed by atoms with van der Waals surface area (Å²) < 4.78 is 0. The van der Waals surface area contributed by atoms with Crippen LogP contribution in [0.3, 0.4) is 0 Å². The molecule has 0 bridgehead atoms. The second-order valence-corrected chi connectivity index (χ2v) is 3.93. The quantitative estimate of drug-likeness (QED) is 0.730. The van der Waals surface area contributed by atoms with E-state index in [1.54, 1.807) is 0 Å². The van der Waals surface area contributed by atoms with Gasteiger partial charge in [0, 0.05) is 6.42 Å². The summed E-state index contributed by atoms with van der Waals surface area (Å²) in [6.45, 7) is 0.428. The molecule has 3 nitrogen and oxygen atoms in total. The summed E-state index contributed by atoms with van der Waals surface area (Å²) in [4.78, 5) is 16.6. The van der Waals surface area contributed by atoms with Crippen LogP contribution in [-0.2, 0) is 16.2 Å². The molecule has 0 N–H and O–H groups in total. The second kappa shape index (κ2) is 5.45. The van der Waals surface area contributed by atoms with E-state index in [-0.39, 0.29) is 5.78 Å². The highest BCUT2D eigenvalue weighted by Gasteiger charge is 2.16.